The van der Waals surface area contributed by atoms with E-state index in [2.05, 4.69) is 10.4 Å². The third kappa shape index (κ3) is 6.09. The molecule has 7 heteroatoms. The minimum absolute atomic E-state index is 0.184. The number of nitrogens with zero attached hydrogens (tertiary/aromatic N) is 2. The van der Waals surface area contributed by atoms with Crippen LogP contribution in [0.4, 0.5) is 5.82 Å². The molecule has 19 heavy (non-hydrogen) atoms. The van der Waals surface area contributed by atoms with Crippen molar-refractivity contribution in [2.24, 2.45) is 5.73 Å². The topological polar surface area (TPSA) is 82.2 Å². The molecule has 0 radical (unpaired) electrons. The van der Waals surface area contributed by atoms with Gasteiger partial charge < -0.3 is 15.8 Å². The van der Waals surface area contributed by atoms with Gasteiger partial charge in [-0.3, -0.25) is 9.48 Å². The Morgan fingerprint density at radius 1 is 1.68 bits per heavy atom. The number of rotatable bonds is 9. The molecule has 0 fully saturated rings. The molecule has 0 saturated heterocycles. The average molecular weight is 286 g/mol. The standard InChI is InChI=1S/C12H22N4O2S/c1-18-8-3-6-16-7-4-11(15-16)14-12(17)10(13)5-9-19-2/h4,7,10H,3,5-6,8-9,13H2,1-2H3,(H,14,15,17)/t10-/m0/s1. The third-order valence-corrected chi connectivity index (χ3v) is 3.24. The fourth-order valence-electron chi connectivity index (χ4n) is 1.52. The molecular weight excluding hydrogens is 264 g/mol. The summed E-state index contributed by atoms with van der Waals surface area (Å²) in [6.07, 6.45) is 5.38. The second kappa shape index (κ2) is 8.95. The number of carbonyl (C=O) groups is 1. The highest BCUT2D eigenvalue weighted by Crippen LogP contribution is 2.05. The molecule has 0 saturated carbocycles. The minimum Gasteiger partial charge on any atom is -0.385 e. The molecule has 1 atom stereocenters. The first kappa shape index (κ1) is 16.0. The predicted octanol–water partition coefficient (Wildman–Crippen LogP) is 0.938. The van der Waals surface area contributed by atoms with E-state index in [4.69, 9.17) is 10.5 Å². The summed E-state index contributed by atoms with van der Waals surface area (Å²) in [6.45, 7) is 1.46. The van der Waals surface area contributed by atoms with Crippen LogP contribution in [-0.4, -0.2) is 47.5 Å². The summed E-state index contributed by atoms with van der Waals surface area (Å²) in [4.78, 5) is 11.8. The van der Waals surface area contributed by atoms with Crippen LogP contribution in [0.15, 0.2) is 12.3 Å². The number of thioether (sulfide) groups is 1. The van der Waals surface area contributed by atoms with E-state index < -0.39 is 6.04 Å². The van der Waals surface area contributed by atoms with Crippen molar-refractivity contribution in [1.29, 1.82) is 0 Å². The highest BCUT2D eigenvalue weighted by molar-refractivity contribution is 7.98. The molecule has 0 aromatic carbocycles. The SMILES string of the molecule is COCCCn1ccc(NC(=O)[C@@H](N)CCSC)n1. The van der Waals surface area contributed by atoms with Gasteiger partial charge >= 0.3 is 0 Å². The number of nitrogens with two attached hydrogens (primary N) is 1. The Morgan fingerprint density at radius 2 is 2.47 bits per heavy atom. The van der Waals surface area contributed by atoms with Crippen molar-refractivity contribution in [1.82, 2.24) is 9.78 Å². The molecule has 0 aliphatic heterocycles. The molecule has 1 rings (SSSR count). The highest BCUT2D eigenvalue weighted by Gasteiger charge is 2.13. The van der Waals surface area contributed by atoms with Gasteiger partial charge in [0.25, 0.3) is 0 Å². The molecule has 1 aromatic rings. The van der Waals surface area contributed by atoms with Gasteiger partial charge in [-0.05, 0) is 24.9 Å². The van der Waals surface area contributed by atoms with E-state index >= 15 is 0 Å². The molecule has 6 nitrogen and oxygen atoms in total. The van der Waals surface area contributed by atoms with Crippen molar-refractivity contribution in [2.75, 3.05) is 31.0 Å². The normalized spacial score (nSPS) is 12.4. The number of carbonyl (C=O) groups excluding carboxylic acids is 1. The summed E-state index contributed by atoms with van der Waals surface area (Å²) < 4.78 is 6.75. The van der Waals surface area contributed by atoms with Gasteiger partial charge in [0.05, 0.1) is 6.04 Å². The lowest BCUT2D eigenvalue weighted by atomic mass is 10.2. The maximum atomic E-state index is 11.8. The van der Waals surface area contributed by atoms with Crippen LogP contribution in [0, 0.1) is 0 Å². The minimum atomic E-state index is -0.480. The number of aromatic nitrogens is 2. The van der Waals surface area contributed by atoms with E-state index in [9.17, 15) is 4.79 Å². The second-order valence-corrected chi connectivity index (χ2v) is 5.17. The summed E-state index contributed by atoms with van der Waals surface area (Å²) in [6, 6.07) is 1.29. The van der Waals surface area contributed by atoms with E-state index in [1.165, 1.54) is 0 Å². The number of anilines is 1. The lowest BCUT2D eigenvalue weighted by molar-refractivity contribution is -0.117. The van der Waals surface area contributed by atoms with Crippen molar-refractivity contribution in [2.45, 2.75) is 25.4 Å². The lowest BCUT2D eigenvalue weighted by Gasteiger charge is -2.09. The Bertz CT molecular complexity index is 384. The fraction of sp³-hybridized carbons (Fsp3) is 0.667. The van der Waals surface area contributed by atoms with Crippen LogP contribution in [-0.2, 0) is 16.1 Å². The fourth-order valence-corrected chi connectivity index (χ4v) is 2.01. The van der Waals surface area contributed by atoms with Crippen molar-refractivity contribution in [3.05, 3.63) is 12.3 Å². The molecule has 1 heterocycles. The molecule has 0 aliphatic carbocycles. The zero-order valence-corrected chi connectivity index (χ0v) is 12.3. The Morgan fingerprint density at radius 3 is 3.16 bits per heavy atom. The van der Waals surface area contributed by atoms with Crippen LogP contribution < -0.4 is 11.1 Å². The van der Waals surface area contributed by atoms with Gasteiger partial charge in [0.1, 0.15) is 0 Å². The van der Waals surface area contributed by atoms with E-state index in [0.717, 1.165) is 18.7 Å². The van der Waals surface area contributed by atoms with Gasteiger partial charge in [-0.15, -0.1) is 0 Å². The first-order valence-corrected chi connectivity index (χ1v) is 7.64. The van der Waals surface area contributed by atoms with E-state index in [-0.39, 0.29) is 5.91 Å². The first-order valence-electron chi connectivity index (χ1n) is 6.25. The third-order valence-electron chi connectivity index (χ3n) is 2.60. The number of methoxy groups -OCH3 is 1. The highest BCUT2D eigenvalue weighted by atomic mass is 32.2. The molecule has 0 bridgehead atoms. The van der Waals surface area contributed by atoms with Crippen molar-refractivity contribution >= 4 is 23.5 Å². The first-order chi connectivity index (χ1) is 9.17. The van der Waals surface area contributed by atoms with Crippen LogP contribution >= 0.6 is 11.8 Å². The molecule has 108 valence electrons. The Balaban J connectivity index is 2.37. The second-order valence-electron chi connectivity index (χ2n) is 4.19. The van der Waals surface area contributed by atoms with Crippen LogP contribution in [0.5, 0.6) is 0 Å². The summed E-state index contributed by atoms with van der Waals surface area (Å²) in [7, 11) is 1.67. The van der Waals surface area contributed by atoms with Gasteiger partial charge in [0.15, 0.2) is 5.82 Å². The van der Waals surface area contributed by atoms with Crippen molar-refractivity contribution in [3.63, 3.8) is 0 Å². The Kier molecular flexibility index (Phi) is 7.54. The van der Waals surface area contributed by atoms with Gasteiger partial charge in [-0.25, -0.2) is 0 Å². The van der Waals surface area contributed by atoms with Crippen LogP contribution in [0.3, 0.4) is 0 Å². The van der Waals surface area contributed by atoms with E-state index in [0.29, 0.717) is 18.8 Å². The summed E-state index contributed by atoms with van der Waals surface area (Å²) in [5, 5.41) is 6.98. The zero-order valence-electron chi connectivity index (χ0n) is 11.5. The zero-order chi connectivity index (χ0) is 14.1. The monoisotopic (exact) mass is 286 g/mol. The van der Waals surface area contributed by atoms with Crippen molar-refractivity contribution in [3.8, 4) is 0 Å². The van der Waals surface area contributed by atoms with Gasteiger partial charge in [0, 0.05) is 32.5 Å². The van der Waals surface area contributed by atoms with E-state index in [1.807, 2.05) is 12.5 Å². The quantitative estimate of drug-likeness (QED) is 0.660. The molecule has 1 amide bonds. The molecule has 0 aliphatic rings. The smallest absolute Gasteiger partial charge is 0.242 e. The number of ether oxygens (including phenoxy) is 1. The van der Waals surface area contributed by atoms with Gasteiger partial charge in [-0.1, -0.05) is 0 Å². The largest absolute Gasteiger partial charge is 0.385 e. The number of aryl methyl sites for hydroxylation is 1. The molecule has 3 N–H and O–H groups in total. The molecule has 1 aromatic heterocycles. The summed E-state index contributed by atoms with van der Waals surface area (Å²) in [5.74, 6) is 1.23. The van der Waals surface area contributed by atoms with Crippen LogP contribution in [0.25, 0.3) is 0 Å². The molecule has 0 unspecified atom stereocenters. The number of nitrogens with one attached hydrogen (secondary N) is 1. The number of amides is 1. The molecular formula is C12H22N4O2S. The molecule has 0 spiro atoms. The predicted molar refractivity (Wildman–Crippen MR) is 78.3 cm³/mol. The lowest BCUT2D eigenvalue weighted by Crippen LogP contribution is -2.36. The number of hydrogen-bond acceptors (Lipinski definition) is 5. The van der Waals surface area contributed by atoms with Gasteiger partial charge in [-0.2, -0.15) is 16.9 Å². The maximum Gasteiger partial charge on any atom is 0.242 e. The van der Waals surface area contributed by atoms with Crippen molar-refractivity contribution < 1.29 is 9.53 Å². The maximum absolute atomic E-state index is 11.8. The Hall–Kier alpha value is -1.05. The average Bonchev–Trinajstić information content (AvgIpc) is 2.83. The van der Waals surface area contributed by atoms with Gasteiger partial charge in [0.2, 0.25) is 5.91 Å². The number of hydrogen-bond donors (Lipinski definition) is 2. The van der Waals surface area contributed by atoms with Crippen LogP contribution in [0.1, 0.15) is 12.8 Å². The Labute approximate surface area is 118 Å². The van der Waals surface area contributed by atoms with Crippen LogP contribution in [0.2, 0.25) is 0 Å². The van der Waals surface area contributed by atoms with E-state index in [1.54, 1.807) is 29.6 Å². The summed E-state index contributed by atoms with van der Waals surface area (Å²) in [5.41, 5.74) is 5.78. The summed E-state index contributed by atoms with van der Waals surface area (Å²) >= 11 is 1.68.